The van der Waals surface area contributed by atoms with Crippen molar-refractivity contribution in [1.82, 2.24) is 0 Å². The van der Waals surface area contributed by atoms with Gasteiger partial charge in [0, 0.05) is 29.0 Å². The van der Waals surface area contributed by atoms with E-state index in [2.05, 4.69) is 5.32 Å². The lowest BCUT2D eigenvalue weighted by Gasteiger charge is -2.21. The van der Waals surface area contributed by atoms with Crippen molar-refractivity contribution in [2.24, 2.45) is 0 Å². The second-order valence-electron chi connectivity index (χ2n) is 6.14. The summed E-state index contributed by atoms with van der Waals surface area (Å²) in [4.78, 5) is 26.9. The molecule has 0 saturated carbocycles. The van der Waals surface area contributed by atoms with Gasteiger partial charge in [0.05, 0.1) is 7.11 Å². The van der Waals surface area contributed by atoms with Crippen LogP contribution in [0.15, 0.2) is 78.9 Å². The second-order valence-corrected chi connectivity index (χ2v) is 6.14. The van der Waals surface area contributed by atoms with E-state index >= 15 is 0 Å². The number of carbonyl (C=O) groups excluding carboxylic acids is 2. The molecule has 0 aliphatic heterocycles. The Balaban J connectivity index is 1.70. The smallest absolute Gasteiger partial charge is 0.258 e. The van der Waals surface area contributed by atoms with E-state index in [1.807, 2.05) is 37.3 Å². The fourth-order valence-corrected chi connectivity index (χ4v) is 2.85. The lowest BCUT2D eigenvalue weighted by atomic mass is 10.1. The fraction of sp³-hybridized carbons (Fsp3) is 0.130. The molecule has 0 aliphatic carbocycles. The van der Waals surface area contributed by atoms with Gasteiger partial charge in [-0.3, -0.25) is 9.59 Å². The Kier molecular flexibility index (Phi) is 6.07. The van der Waals surface area contributed by atoms with Gasteiger partial charge in [-0.15, -0.1) is 0 Å². The van der Waals surface area contributed by atoms with E-state index in [-0.39, 0.29) is 11.8 Å². The molecule has 0 aliphatic rings. The molecule has 0 bridgehead atoms. The van der Waals surface area contributed by atoms with Gasteiger partial charge in [0.25, 0.3) is 11.8 Å². The highest BCUT2D eigenvalue weighted by atomic mass is 16.5. The third-order valence-corrected chi connectivity index (χ3v) is 4.37. The van der Waals surface area contributed by atoms with Crippen LogP contribution in [-0.2, 0) is 0 Å². The molecule has 5 nitrogen and oxygen atoms in total. The van der Waals surface area contributed by atoms with Gasteiger partial charge in [0.1, 0.15) is 5.75 Å². The van der Waals surface area contributed by atoms with Crippen molar-refractivity contribution in [3.05, 3.63) is 90.0 Å². The molecule has 0 heterocycles. The first-order valence-electron chi connectivity index (χ1n) is 9.04. The fourth-order valence-electron chi connectivity index (χ4n) is 2.85. The van der Waals surface area contributed by atoms with E-state index < -0.39 is 0 Å². The predicted molar refractivity (Wildman–Crippen MR) is 111 cm³/mol. The molecule has 142 valence electrons. The van der Waals surface area contributed by atoms with Crippen LogP contribution in [0.1, 0.15) is 27.6 Å². The monoisotopic (exact) mass is 374 g/mol. The minimum Gasteiger partial charge on any atom is -0.497 e. The first-order chi connectivity index (χ1) is 13.6. The molecular weight excluding hydrogens is 352 g/mol. The maximum Gasteiger partial charge on any atom is 0.258 e. The molecule has 3 aromatic carbocycles. The van der Waals surface area contributed by atoms with Crippen molar-refractivity contribution in [2.45, 2.75) is 6.92 Å². The average Bonchev–Trinajstić information content (AvgIpc) is 2.75. The highest BCUT2D eigenvalue weighted by Gasteiger charge is 2.16. The number of anilines is 2. The number of benzene rings is 3. The Morgan fingerprint density at radius 1 is 0.857 bits per heavy atom. The third kappa shape index (κ3) is 4.38. The number of para-hydroxylation sites is 1. The van der Waals surface area contributed by atoms with Gasteiger partial charge in [-0.25, -0.2) is 0 Å². The van der Waals surface area contributed by atoms with E-state index in [0.29, 0.717) is 29.1 Å². The van der Waals surface area contributed by atoms with Crippen LogP contribution in [0.4, 0.5) is 11.4 Å². The molecule has 0 aromatic heterocycles. The van der Waals surface area contributed by atoms with Crippen molar-refractivity contribution in [3.63, 3.8) is 0 Å². The first-order valence-corrected chi connectivity index (χ1v) is 9.04. The highest BCUT2D eigenvalue weighted by molar-refractivity contribution is 6.07. The molecule has 3 aromatic rings. The lowest BCUT2D eigenvalue weighted by Crippen LogP contribution is -2.30. The first kappa shape index (κ1) is 19.2. The normalized spacial score (nSPS) is 10.2. The summed E-state index contributed by atoms with van der Waals surface area (Å²) in [5, 5.41) is 2.83. The summed E-state index contributed by atoms with van der Waals surface area (Å²) in [5.74, 6) is 0.390. The number of hydrogen-bond donors (Lipinski definition) is 1. The van der Waals surface area contributed by atoms with Crippen molar-refractivity contribution >= 4 is 23.2 Å². The van der Waals surface area contributed by atoms with Gasteiger partial charge in [0.2, 0.25) is 0 Å². The molecule has 0 saturated heterocycles. The standard InChI is InChI=1S/C23H22N2O3/c1-3-25(20-7-5-4-6-8-20)23(27)18-9-13-19(14-10-18)24-22(26)17-11-15-21(28-2)16-12-17/h4-16H,3H2,1-2H3,(H,24,26). The number of rotatable bonds is 6. The maximum atomic E-state index is 12.8. The summed E-state index contributed by atoms with van der Waals surface area (Å²) in [6.45, 7) is 2.51. The van der Waals surface area contributed by atoms with E-state index in [9.17, 15) is 9.59 Å². The number of nitrogens with zero attached hydrogens (tertiary/aromatic N) is 1. The summed E-state index contributed by atoms with van der Waals surface area (Å²) in [6.07, 6.45) is 0. The minimum absolute atomic E-state index is 0.0817. The molecule has 0 spiro atoms. The van der Waals surface area contributed by atoms with Crippen LogP contribution in [0.25, 0.3) is 0 Å². The highest BCUT2D eigenvalue weighted by Crippen LogP contribution is 2.19. The number of amides is 2. The number of carbonyl (C=O) groups is 2. The molecule has 5 heteroatoms. The summed E-state index contributed by atoms with van der Waals surface area (Å²) in [6, 6.07) is 23.3. The number of hydrogen-bond acceptors (Lipinski definition) is 3. The van der Waals surface area contributed by atoms with Gasteiger partial charge in [0.15, 0.2) is 0 Å². The Morgan fingerprint density at radius 3 is 2.04 bits per heavy atom. The summed E-state index contributed by atoms with van der Waals surface area (Å²) in [7, 11) is 1.58. The number of methoxy groups -OCH3 is 1. The average molecular weight is 374 g/mol. The number of nitrogens with one attached hydrogen (secondary N) is 1. The maximum absolute atomic E-state index is 12.8. The molecule has 28 heavy (non-hydrogen) atoms. The molecule has 0 atom stereocenters. The van der Waals surface area contributed by atoms with Gasteiger partial charge in [-0.1, -0.05) is 18.2 Å². The molecular formula is C23H22N2O3. The zero-order valence-electron chi connectivity index (χ0n) is 15.9. The SMILES string of the molecule is CCN(C(=O)c1ccc(NC(=O)c2ccc(OC)cc2)cc1)c1ccccc1. The van der Waals surface area contributed by atoms with Crippen LogP contribution in [0, 0.1) is 0 Å². The third-order valence-electron chi connectivity index (χ3n) is 4.37. The van der Waals surface area contributed by atoms with E-state index in [1.165, 1.54) is 0 Å². The Labute approximate surface area is 164 Å². The Morgan fingerprint density at radius 2 is 1.46 bits per heavy atom. The lowest BCUT2D eigenvalue weighted by molar-refractivity contribution is 0.0987. The van der Waals surface area contributed by atoms with Crippen LogP contribution in [0.3, 0.4) is 0 Å². The van der Waals surface area contributed by atoms with Gasteiger partial charge >= 0.3 is 0 Å². The molecule has 0 fully saturated rings. The predicted octanol–water partition coefficient (Wildman–Crippen LogP) is 4.61. The Bertz CT molecular complexity index is 936. The van der Waals surface area contributed by atoms with Gasteiger partial charge in [-0.2, -0.15) is 0 Å². The van der Waals surface area contributed by atoms with Crippen molar-refractivity contribution in [3.8, 4) is 5.75 Å². The topological polar surface area (TPSA) is 58.6 Å². The zero-order valence-corrected chi connectivity index (χ0v) is 15.9. The van der Waals surface area contributed by atoms with Crippen LogP contribution < -0.4 is 15.0 Å². The summed E-state index contributed by atoms with van der Waals surface area (Å²) >= 11 is 0. The molecule has 0 radical (unpaired) electrons. The van der Waals surface area contributed by atoms with Crippen molar-refractivity contribution in [2.75, 3.05) is 23.9 Å². The van der Waals surface area contributed by atoms with Crippen molar-refractivity contribution < 1.29 is 14.3 Å². The molecule has 3 rings (SSSR count). The second kappa shape index (κ2) is 8.86. The van der Waals surface area contributed by atoms with E-state index in [4.69, 9.17) is 4.74 Å². The number of ether oxygens (including phenoxy) is 1. The van der Waals surface area contributed by atoms with E-state index in [1.54, 1.807) is 60.5 Å². The van der Waals surface area contributed by atoms with Crippen LogP contribution in [0.2, 0.25) is 0 Å². The molecule has 0 unspecified atom stereocenters. The van der Waals surface area contributed by atoms with Gasteiger partial charge < -0.3 is 15.0 Å². The van der Waals surface area contributed by atoms with Crippen LogP contribution in [0.5, 0.6) is 5.75 Å². The van der Waals surface area contributed by atoms with Crippen LogP contribution in [-0.4, -0.2) is 25.5 Å². The summed E-state index contributed by atoms with van der Waals surface area (Å²) < 4.78 is 5.10. The summed E-state index contributed by atoms with van der Waals surface area (Å²) in [5.41, 5.74) is 2.57. The Hall–Kier alpha value is -3.60. The zero-order chi connectivity index (χ0) is 19.9. The molecule has 2 amide bonds. The van der Waals surface area contributed by atoms with E-state index in [0.717, 1.165) is 5.69 Å². The largest absolute Gasteiger partial charge is 0.497 e. The van der Waals surface area contributed by atoms with Crippen LogP contribution >= 0.6 is 0 Å². The minimum atomic E-state index is -0.221. The quantitative estimate of drug-likeness (QED) is 0.685. The molecule has 1 N–H and O–H groups in total. The van der Waals surface area contributed by atoms with Gasteiger partial charge in [-0.05, 0) is 67.6 Å². The van der Waals surface area contributed by atoms with Crippen molar-refractivity contribution in [1.29, 1.82) is 0 Å².